The minimum atomic E-state index is -0.178. The largest absolute Gasteiger partial charge is 0.540 e. The van der Waals surface area contributed by atoms with Gasteiger partial charge in [-0.1, -0.05) is 5.59 Å². The van der Waals surface area contributed by atoms with Crippen molar-refractivity contribution >= 4 is 0 Å². The Bertz CT molecular complexity index is 166. The maximum absolute atomic E-state index is 10.7. The number of hydrogen-bond donors (Lipinski definition) is 2. The lowest BCUT2D eigenvalue weighted by Gasteiger charge is -2.07. The maximum Gasteiger partial charge on any atom is 0.151 e. The van der Waals surface area contributed by atoms with E-state index in [1.54, 1.807) is 0 Å². The minimum absolute atomic E-state index is 0.178. The number of quaternary nitrogens is 1. The fraction of sp³-hybridized carbons (Fsp3) is 0.600. The second-order valence-electron chi connectivity index (χ2n) is 2.30. The molecule has 0 bridgehead atoms. The average molecular weight is 128 g/mol. The second-order valence-corrected chi connectivity index (χ2v) is 2.30. The molecule has 1 atom stereocenters. The van der Waals surface area contributed by atoms with Crippen LogP contribution >= 0.6 is 0 Å². The van der Waals surface area contributed by atoms with Gasteiger partial charge in [-0.15, -0.1) is 0 Å². The normalized spacial score (nSPS) is 32.7. The van der Waals surface area contributed by atoms with Gasteiger partial charge in [0.1, 0.15) is 12.5 Å². The van der Waals surface area contributed by atoms with Crippen LogP contribution in [0.1, 0.15) is 12.8 Å². The molecule has 4 nitrogen and oxygen atoms in total. The predicted molar refractivity (Wildman–Crippen MR) is 26.3 cm³/mol. The Hall–Kier alpha value is -0.740. The molecule has 4 heteroatoms. The topological polar surface area (TPSA) is 48.8 Å². The van der Waals surface area contributed by atoms with E-state index in [4.69, 9.17) is 0 Å². The standard InChI is InChI=1S/C5H8N2O2/c8-5-4-2-1-3-7(4)6-9-5/h6,8H,1-3H2. The highest BCUT2D eigenvalue weighted by molar-refractivity contribution is 4.94. The highest BCUT2D eigenvalue weighted by atomic mass is 16.8. The molecule has 0 radical (unpaired) electrons. The predicted octanol–water partition coefficient (Wildman–Crippen LogP) is -2.36. The van der Waals surface area contributed by atoms with Gasteiger partial charge in [-0.2, -0.15) is 0 Å². The first-order valence-electron chi connectivity index (χ1n) is 3.07. The van der Waals surface area contributed by atoms with Crippen LogP contribution in [0.5, 0.6) is 0 Å². The van der Waals surface area contributed by atoms with Gasteiger partial charge in [-0.05, 0) is 0 Å². The lowest BCUT2D eigenvalue weighted by molar-refractivity contribution is -0.915. The van der Waals surface area contributed by atoms with Crippen LogP contribution in [0.4, 0.5) is 0 Å². The SMILES string of the molecule is [O-]C1=C2CCC[NH+]2NO1. The maximum atomic E-state index is 10.7. The summed E-state index contributed by atoms with van der Waals surface area (Å²) in [6, 6.07) is 0. The van der Waals surface area contributed by atoms with Crippen molar-refractivity contribution in [2.75, 3.05) is 6.54 Å². The number of nitrogens with one attached hydrogen (secondary N) is 2. The van der Waals surface area contributed by atoms with E-state index in [0.29, 0.717) is 0 Å². The van der Waals surface area contributed by atoms with Crippen molar-refractivity contribution in [3.63, 3.8) is 0 Å². The molecule has 0 spiro atoms. The number of fused-ring (bicyclic) bond motifs is 1. The van der Waals surface area contributed by atoms with Gasteiger partial charge in [-0.3, -0.25) is 0 Å². The van der Waals surface area contributed by atoms with Crippen molar-refractivity contribution in [2.24, 2.45) is 0 Å². The first-order chi connectivity index (χ1) is 4.38. The lowest BCUT2D eigenvalue weighted by atomic mass is 10.3. The molecule has 0 aromatic rings. The molecule has 1 fully saturated rings. The summed E-state index contributed by atoms with van der Waals surface area (Å²) in [5.74, 6) is -0.178. The van der Waals surface area contributed by atoms with Gasteiger partial charge in [-0.25, -0.2) is 5.01 Å². The molecule has 0 aromatic carbocycles. The molecule has 1 unspecified atom stereocenters. The van der Waals surface area contributed by atoms with Gasteiger partial charge >= 0.3 is 0 Å². The van der Waals surface area contributed by atoms with E-state index in [2.05, 4.69) is 10.4 Å². The zero-order valence-electron chi connectivity index (χ0n) is 4.94. The Morgan fingerprint density at radius 3 is 3.33 bits per heavy atom. The Kier molecular flexibility index (Phi) is 0.913. The van der Waals surface area contributed by atoms with Gasteiger partial charge in [0.05, 0.1) is 0 Å². The van der Waals surface area contributed by atoms with E-state index in [1.807, 2.05) is 0 Å². The Morgan fingerprint density at radius 1 is 1.67 bits per heavy atom. The first kappa shape index (κ1) is 5.08. The zero-order chi connectivity index (χ0) is 6.27. The summed E-state index contributed by atoms with van der Waals surface area (Å²) < 4.78 is 0. The number of hydrogen-bond acceptors (Lipinski definition) is 3. The molecule has 2 aliphatic heterocycles. The van der Waals surface area contributed by atoms with Crippen LogP contribution in [0.15, 0.2) is 11.6 Å². The third-order valence-electron chi connectivity index (χ3n) is 1.73. The van der Waals surface area contributed by atoms with Crippen LogP contribution in [-0.2, 0) is 4.84 Å². The van der Waals surface area contributed by atoms with Crippen molar-refractivity contribution < 1.29 is 15.0 Å². The molecule has 2 heterocycles. The van der Waals surface area contributed by atoms with E-state index in [-0.39, 0.29) is 5.95 Å². The summed E-state index contributed by atoms with van der Waals surface area (Å²) in [7, 11) is 0. The van der Waals surface area contributed by atoms with Crippen LogP contribution < -0.4 is 15.7 Å². The molecule has 0 aromatic heterocycles. The molecular weight excluding hydrogens is 120 g/mol. The van der Waals surface area contributed by atoms with Gasteiger partial charge in [0.2, 0.25) is 0 Å². The second kappa shape index (κ2) is 1.62. The average Bonchev–Trinajstić information content (AvgIpc) is 2.35. The molecule has 0 aliphatic carbocycles. The van der Waals surface area contributed by atoms with Gasteiger partial charge in [0.25, 0.3) is 0 Å². The Balaban J connectivity index is 2.28. The smallest absolute Gasteiger partial charge is 0.151 e. The van der Waals surface area contributed by atoms with Gasteiger partial charge in [0.15, 0.2) is 5.70 Å². The van der Waals surface area contributed by atoms with E-state index < -0.39 is 0 Å². The fourth-order valence-corrected chi connectivity index (χ4v) is 1.25. The summed E-state index contributed by atoms with van der Waals surface area (Å²) in [5.41, 5.74) is 3.45. The Morgan fingerprint density at radius 2 is 2.56 bits per heavy atom. The van der Waals surface area contributed by atoms with Crippen LogP contribution in [0.2, 0.25) is 0 Å². The van der Waals surface area contributed by atoms with Crippen LogP contribution in [0, 0.1) is 0 Å². The third kappa shape index (κ3) is 0.602. The van der Waals surface area contributed by atoms with Crippen molar-refractivity contribution in [1.82, 2.24) is 5.59 Å². The van der Waals surface area contributed by atoms with Crippen molar-refractivity contribution in [3.05, 3.63) is 11.6 Å². The summed E-state index contributed by atoms with van der Waals surface area (Å²) in [4.78, 5) is 4.56. The molecule has 0 saturated carbocycles. The molecule has 2 rings (SSSR count). The van der Waals surface area contributed by atoms with Crippen LogP contribution in [-0.4, -0.2) is 6.54 Å². The highest BCUT2D eigenvalue weighted by Crippen LogP contribution is 2.08. The molecule has 50 valence electrons. The van der Waals surface area contributed by atoms with Gasteiger partial charge < -0.3 is 9.94 Å². The molecule has 1 saturated heterocycles. The fourth-order valence-electron chi connectivity index (χ4n) is 1.25. The van der Waals surface area contributed by atoms with Gasteiger partial charge in [0, 0.05) is 12.8 Å². The quantitative estimate of drug-likeness (QED) is 0.384. The summed E-state index contributed by atoms with van der Waals surface area (Å²) in [5, 5.41) is 11.7. The molecule has 2 N–H and O–H groups in total. The van der Waals surface area contributed by atoms with E-state index in [9.17, 15) is 5.11 Å². The van der Waals surface area contributed by atoms with Crippen molar-refractivity contribution in [2.45, 2.75) is 12.8 Å². The van der Waals surface area contributed by atoms with E-state index in [1.165, 1.54) is 0 Å². The zero-order valence-corrected chi connectivity index (χ0v) is 4.94. The molecular formula is C5H8N2O2. The summed E-state index contributed by atoms with van der Waals surface area (Å²) in [6.07, 6.45) is 1.98. The minimum Gasteiger partial charge on any atom is -0.540 e. The van der Waals surface area contributed by atoms with Crippen molar-refractivity contribution in [3.8, 4) is 0 Å². The third-order valence-corrected chi connectivity index (χ3v) is 1.73. The first-order valence-corrected chi connectivity index (χ1v) is 3.07. The monoisotopic (exact) mass is 128 g/mol. The Labute approximate surface area is 52.6 Å². The number of allylic oxidation sites excluding steroid dienone is 1. The van der Waals surface area contributed by atoms with Crippen molar-refractivity contribution in [1.29, 1.82) is 0 Å². The summed E-state index contributed by atoms with van der Waals surface area (Å²) in [6.45, 7) is 0.973. The summed E-state index contributed by atoms with van der Waals surface area (Å²) >= 11 is 0. The lowest BCUT2D eigenvalue weighted by Crippen LogP contribution is -3.13. The van der Waals surface area contributed by atoms with Crippen LogP contribution in [0.3, 0.4) is 0 Å². The van der Waals surface area contributed by atoms with E-state index in [0.717, 1.165) is 30.1 Å². The molecule has 9 heavy (non-hydrogen) atoms. The van der Waals surface area contributed by atoms with E-state index >= 15 is 0 Å². The molecule has 2 aliphatic rings. The number of rotatable bonds is 0. The highest BCUT2D eigenvalue weighted by Gasteiger charge is 2.28. The van der Waals surface area contributed by atoms with Crippen LogP contribution in [0.25, 0.3) is 0 Å². The molecule has 0 amide bonds.